The number of rotatable bonds is 2. The van der Waals surface area contributed by atoms with Crippen LogP contribution in [-0.2, 0) is 0 Å². The van der Waals surface area contributed by atoms with Crippen LogP contribution in [0.3, 0.4) is 0 Å². The first-order chi connectivity index (χ1) is 7.62. The second kappa shape index (κ2) is 5.88. The van der Waals surface area contributed by atoms with Gasteiger partial charge in [0.1, 0.15) is 23.5 Å². The molecule has 0 saturated carbocycles. The maximum absolute atomic E-state index is 8.67. The number of hydrogen-bond donors (Lipinski definition) is 0. The van der Waals surface area contributed by atoms with Gasteiger partial charge in [0, 0.05) is 3.57 Å². The minimum absolute atomic E-state index is 0.0787. The SMILES string of the molecule is COc1cc(I)c(C=C(C#N)C#N)cc1Br. The van der Waals surface area contributed by atoms with Gasteiger partial charge in [-0.05, 0) is 62.3 Å². The standard InChI is InChI=1S/C11H6BrIN2O/c1-16-11-4-10(13)8(3-9(11)12)2-7(5-14)6-15/h2-4H,1H3. The molecule has 3 nitrogen and oxygen atoms in total. The van der Waals surface area contributed by atoms with Gasteiger partial charge in [0.2, 0.25) is 0 Å². The molecule has 0 fully saturated rings. The molecule has 0 atom stereocenters. The van der Waals surface area contributed by atoms with Gasteiger partial charge in [-0.15, -0.1) is 0 Å². The molecule has 1 rings (SSSR count). The lowest BCUT2D eigenvalue weighted by Gasteiger charge is -2.06. The largest absolute Gasteiger partial charge is 0.496 e. The third kappa shape index (κ3) is 2.97. The maximum Gasteiger partial charge on any atom is 0.134 e. The van der Waals surface area contributed by atoms with E-state index in [1.807, 2.05) is 24.3 Å². The molecular formula is C11H6BrIN2O. The Balaban J connectivity index is 3.29. The van der Waals surface area contributed by atoms with E-state index in [-0.39, 0.29) is 5.57 Å². The second-order valence-electron chi connectivity index (χ2n) is 2.79. The molecule has 5 heteroatoms. The highest BCUT2D eigenvalue weighted by Gasteiger charge is 2.06. The van der Waals surface area contributed by atoms with Gasteiger partial charge in [0.15, 0.2) is 0 Å². The van der Waals surface area contributed by atoms with Crippen molar-refractivity contribution in [1.82, 2.24) is 0 Å². The molecule has 0 radical (unpaired) electrons. The molecule has 0 aliphatic carbocycles. The summed E-state index contributed by atoms with van der Waals surface area (Å²) in [5.74, 6) is 0.719. The summed E-state index contributed by atoms with van der Waals surface area (Å²) in [6, 6.07) is 7.30. The summed E-state index contributed by atoms with van der Waals surface area (Å²) >= 11 is 5.48. The minimum Gasteiger partial charge on any atom is -0.496 e. The predicted molar refractivity (Wildman–Crippen MR) is 72.6 cm³/mol. The van der Waals surface area contributed by atoms with E-state index in [0.717, 1.165) is 19.4 Å². The Morgan fingerprint density at radius 2 is 2.06 bits per heavy atom. The molecule has 0 aromatic heterocycles. The van der Waals surface area contributed by atoms with Gasteiger partial charge in [0.05, 0.1) is 11.6 Å². The predicted octanol–water partition coefficient (Wildman–Crippen LogP) is 3.49. The first-order valence-corrected chi connectivity index (χ1v) is 6.04. The molecule has 0 spiro atoms. The Morgan fingerprint density at radius 3 is 2.56 bits per heavy atom. The quantitative estimate of drug-likeness (QED) is 0.575. The first kappa shape index (κ1) is 13.0. The summed E-state index contributed by atoms with van der Waals surface area (Å²) in [6.45, 7) is 0. The number of halogens is 2. The van der Waals surface area contributed by atoms with Crippen LogP contribution >= 0.6 is 38.5 Å². The number of allylic oxidation sites excluding steroid dienone is 1. The van der Waals surface area contributed by atoms with Gasteiger partial charge in [-0.2, -0.15) is 10.5 Å². The lowest BCUT2D eigenvalue weighted by Crippen LogP contribution is -1.89. The molecule has 0 aliphatic heterocycles. The van der Waals surface area contributed by atoms with Crippen LogP contribution in [0.4, 0.5) is 0 Å². The number of nitriles is 2. The molecule has 0 heterocycles. The van der Waals surface area contributed by atoms with Crippen LogP contribution in [0.2, 0.25) is 0 Å². The van der Waals surface area contributed by atoms with Crippen LogP contribution in [0.5, 0.6) is 5.75 Å². The Kier molecular flexibility index (Phi) is 4.78. The van der Waals surface area contributed by atoms with E-state index in [2.05, 4.69) is 38.5 Å². The summed E-state index contributed by atoms with van der Waals surface area (Å²) in [6.07, 6.45) is 1.55. The van der Waals surface area contributed by atoms with E-state index in [1.54, 1.807) is 13.2 Å². The lowest BCUT2D eigenvalue weighted by atomic mass is 10.1. The fourth-order valence-electron chi connectivity index (χ4n) is 1.06. The first-order valence-electron chi connectivity index (χ1n) is 4.17. The van der Waals surface area contributed by atoms with Crippen LogP contribution in [-0.4, -0.2) is 7.11 Å². The van der Waals surface area contributed by atoms with Gasteiger partial charge in [0.25, 0.3) is 0 Å². The van der Waals surface area contributed by atoms with Crippen LogP contribution in [0.1, 0.15) is 5.56 Å². The Morgan fingerprint density at radius 1 is 1.44 bits per heavy atom. The third-order valence-electron chi connectivity index (χ3n) is 1.81. The molecule has 1 aromatic carbocycles. The minimum atomic E-state index is 0.0787. The molecule has 16 heavy (non-hydrogen) atoms. The summed E-state index contributed by atoms with van der Waals surface area (Å²) < 4.78 is 6.84. The Hall–Kier alpha value is -1.05. The van der Waals surface area contributed by atoms with E-state index >= 15 is 0 Å². The van der Waals surface area contributed by atoms with Gasteiger partial charge >= 0.3 is 0 Å². The molecule has 0 bridgehead atoms. The molecule has 0 unspecified atom stereocenters. The number of methoxy groups -OCH3 is 1. The molecule has 1 aromatic rings. The van der Waals surface area contributed by atoms with E-state index in [0.29, 0.717) is 0 Å². The monoisotopic (exact) mass is 388 g/mol. The zero-order valence-electron chi connectivity index (χ0n) is 8.29. The van der Waals surface area contributed by atoms with Crippen molar-refractivity contribution in [2.24, 2.45) is 0 Å². The van der Waals surface area contributed by atoms with Gasteiger partial charge in [-0.3, -0.25) is 0 Å². The summed E-state index contributed by atoms with van der Waals surface area (Å²) in [7, 11) is 1.58. The van der Waals surface area contributed by atoms with Crippen molar-refractivity contribution in [2.75, 3.05) is 7.11 Å². The van der Waals surface area contributed by atoms with Crippen molar-refractivity contribution >= 4 is 44.6 Å². The topological polar surface area (TPSA) is 56.8 Å². The number of hydrogen-bond acceptors (Lipinski definition) is 3. The maximum atomic E-state index is 8.67. The van der Waals surface area contributed by atoms with Crippen LogP contribution < -0.4 is 4.74 Å². The molecule has 0 aliphatic rings. The van der Waals surface area contributed by atoms with E-state index in [1.165, 1.54) is 0 Å². The zero-order chi connectivity index (χ0) is 12.1. The van der Waals surface area contributed by atoms with E-state index in [4.69, 9.17) is 15.3 Å². The van der Waals surface area contributed by atoms with Gasteiger partial charge in [-0.25, -0.2) is 0 Å². The fraction of sp³-hybridized carbons (Fsp3) is 0.0909. The van der Waals surface area contributed by atoms with Crippen molar-refractivity contribution in [3.8, 4) is 17.9 Å². The second-order valence-corrected chi connectivity index (χ2v) is 4.81. The smallest absolute Gasteiger partial charge is 0.134 e. The highest BCUT2D eigenvalue weighted by Crippen LogP contribution is 2.30. The average Bonchev–Trinajstić information content (AvgIpc) is 2.29. The van der Waals surface area contributed by atoms with E-state index < -0.39 is 0 Å². The van der Waals surface area contributed by atoms with Gasteiger partial charge < -0.3 is 4.74 Å². The molecular weight excluding hydrogens is 383 g/mol. The lowest BCUT2D eigenvalue weighted by molar-refractivity contribution is 0.412. The third-order valence-corrected chi connectivity index (χ3v) is 3.37. The highest BCUT2D eigenvalue weighted by molar-refractivity contribution is 14.1. The van der Waals surface area contributed by atoms with Crippen molar-refractivity contribution < 1.29 is 4.74 Å². The number of benzene rings is 1. The van der Waals surface area contributed by atoms with Crippen LogP contribution in [0, 0.1) is 26.2 Å². The van der Waals surface area contributed by atoms with Crippen molar-refractivity contribution in [3.63, 3.8) is 0 Å². The summed E-state index contributed by atoms with van der Waals surface area (Å²) in [4.78, 5) is 0. The van der Waals surface area contributed by atoms with Crippen molar-refractivity contribution in [2.45, 2.75) is 0 Å². The summed E-state index contributed by atoms with van der Waals surface area (Å²) in [5.41, 5.74) is 0.890. The van der Waals surface area contributed by atoms with Crippen LogP contribution in [0.25, 0.3) is 6.08 Å². The van der Waals surface area contributed by atoms with Crippen molar-refractivity contribution in [3.05, 3.63) is 31.3 Å². The van der Waals surface area contributed by atoms with Gasteiger partial charge in [-0.1, -0.05) is 0 Å². The highest BCUT2D eigenvalue weighted by atomic mass is 127. The fourth-order valence-corrected chi connectivity index (χ4v) is 2.17. The molecule has 0 N–H and O–H groups in total. The van der Waals surface area contributed by atoms with E-state index in [9.17, 15) is 0 Å². The molecule has 80 valence electrons. The zero-order valence-corrected chi connectivity index (χ0v) is 12.0. The normalized spacial score (nSPS) is 8.81. The van der Waals surface area contributed by atoms with Crippen LogP contribution in [0.15, 0.2) is 22.2 Å². The van der Waals surface area contributed by atoms with Crippen molar-refractivity contribution in [1.29, 1.82) is 10.5 Å². The Bertz CT molecular complexity index is 510. The number of ether oxygens (including phenoxy) is 1. The Labute approximate surface area is 116 Å². The average molecular weight is 389 g/mol. The molecule has 0 amide bonds. The molecule has 0 saturated heterocycles. The number of nitrogens with zero attached hydrogens (tertiary/aromatic N) is 2. The summed E-state index contributed by atoms with van der Waals surface area (Å²) in [5, 5.41) is 17.3.